The highest BCUT2D eigenvalue weighted by molar-refractivity contribution is 5.90. The van der Waals surface area contributed by atoms with Gasteiger partial charge in [0.05, 0.1) is 0 Å². The first-order valence-corrected chi connectivity index (χ1v) is 8.26. The van der Waals surface area contributed by atoms with Gasteiger partial charge in [-0.3, -0.25) is 9.59 Å². The van der Waals surface area contributed by atoms with Crippen LogP contribution >= 0.6 is 0 Å². The third-order valence-electron chi connectivity index (χ3n) is 3.19. The van der Waals surface area contributed by atoms with Gasteiger partial charge >= 0.3 is 11.9 Å². The van der Waals surface area contributed by atoms with Crippen molar-refractivity contribution in [1.29, 1.82) is 0 Å². The molecule has 0 bridgehead atoms. The number of nitrogens with one attached hydrogen (secondary N) is 2. The zero-order chi connectivity index (χ0) is 20.2. The lowest BCUT2D eigenvalue weighted by Gasteiger charge is -2.08. The minimum absolute atomic E-state index is 0.0998. The van der Waals surface area contributed by atoms with Gasteiger partial charge in [-0.25, -0.2) is 19.6 Å². The Morgan fingerprint density at radius 2 is 1.14 bits per heavy atom. The molecule has 0 radical (unpaired) electrons. The third-order valence-corrected chi connectivity index (χ3v) is 3.19. The van der Waals surface area contributed by atoms with E-state index in [4.69, 9.17) is 9.47 Å². The van der Waals surface area contributed by atoms with E-state index in [0.29, 0.717) is 0 Å². The molecule has 28 heavy (non-hydrogen) atoms. The molecule has 2 heterocycles. The Balaban J connectivity index is 1.55. The number of amides is 2. The molecule has 0 unspecified atom stereocenters. The summed E-state index contributed by atoms with van der Waals surface area (Å²) in [7, 11) is 0. The summed E-state index contributed by atoms with van der Waals surface area (Å²) in [4.78, 5) is 54.1. The summed E-state index contributed by atoms with van der Waals surface area (Å²) in [6.45, 7) is -0.712. The van der Waals surface area contributed by atoms with Crippen LogP contribution in [0.3, 0.4) is 0 Å². The van der Waals surface area contributed by atoms with Crippen molar-refractivity contribution in [3.05, 3.63) is 60.2 Å². The second-order valence-electron chi connectivity index (χ2n) is 5.28. The van der Waals surface area contributed by atoms with Crippen LogP contribution in [0.1, 0.15) is 21.0 Å². The number of aromatic nitrogens is 2. The molecule has 0 aliphatic carbocycles. The zero-order valence-corrected chi connectivity index (χ0v) is 14.8. The Bertz CT molecular complexity index is 744. The fourth-order valence-corrected chi connectivity index (χ4v) is 1.88. The Morgan fingerprint density at radius 3 is 1.50 bits per heavy atom. The normalized spacial score (nSPS) is 9.86. The van der Waals surface area contributed by atoms with E-state index in [1.54, 1.807) is 24.3 Å². The number of carbonyl (C=O) groups is 4. The topological polar surface area (TPSA) is 137 Å². The highest BCUT2D eigenvalue weighted by Crippen LogP contribution is 1.97. The molecule has 0 saturated heterocycles. The molecule has 0 saturated carbocycles. The quantitative estimate of drug-likeness (QED) is 0.444. The second-order valence-corrected chi connectivity index (χ2v) is 5.28. The van der Waals surface area contributed by atoms with Gasteiger partial charge in [-0.2, -0.15) is 0 Å². The van der Waals surface area contributed by atoms with Gasteiger partial charge in [0.15, 0.2) is 13.2 Å². The molecule has 2 aromatic heterocycles. The Morgan fingerprint density at radius 1 is 0.714 bits per heavy atom. The molecule has 10 nitrogen and oxygen atoms in total. The van der Waals surface area contributed by atoms with Gasteiger partial charge in [0.25, 0.3) is 11.8 Å². The number of pyridine rings is 2. The van der Waals surface area contributed by atoms with Crippen molar-refractivity contribution in [2.45, 2.75) is 0 Å². The summed E-state index contributed by atoms with van der Waals surface area (Å²) < 4.78 is 9.62. The minimum atomic E-state index is -0.709. The van der Waals surface area contributed by atoms with Crippen LogP contribution in [0, 0.1) is 0 Å². The van der Waals surface area contributed by atoms with Crippen molar-refractivity contribution in [3.63, 3.8) is 0 Å². The summed E-state index contributed by atoms with van der Waals surface area (Å²) in [6, 6.07) is 9.49. The van der Waals surface area contributed by atoms with Crippen LogP contribution in [0.4, 0.5) is 0 Å². The van der Waals surface area contributed by atoms with E-state index in [1.165, 1.54) is 24.5 Å². The van der Waals surface area contributed by atoms with Crippen molar-refractivity contribution < 1.29 is 28.7 Å². The molecule has 146 valence electrons. The number of carbonyl (C=O) groups excluding carboxylic acids is 4. The fourth-order valence-electron chi connectivity index (χ4n) is 1.88. The van der Waals surface area contributed by atoms with E-state index in [-0.39, 0.29) is 24.5 Å². The molecule has 0 atom stereocenters. The van der Waals surface area contributed by atoms with Crippen molar-refractivity contribution in [3.8, 4) is 0 Å². The molecule has 0 aliphatic rings. The minimum Gasteiger partial charge on any atom is -0.451 e. The van der Waals surface area contributed by atoms with E-state index in [1.807, 2.05) is 0 Å². The summed E-state index contributed by atoms with van der Waals surface area (Å²) in [5.74, 6) is -2.47. The maximum Gasteiger partial charge on any atom is 0.357 e. The molecular formula is C18H18N4O6. The lowest BCUT2D eigenvalue weighted by Crippen LogP contribution is -2.38. The van der Waals surface area contributed by atoms with Gasteiger partial charge in [0.1, 0.15) is 11.4 Å². The molecule has 2 amide bonds. The second kappa shape index (κ2) is 11.0. The van der Waals surface area contributed by atoms with Crippen LogP contribution in [-0.2, 0) is 19.1 Å². The summed E-state index contributed by atoms with van der Waals surface area (Å²) in [6.07, 6.45) is 2.87. The maximum atomic E-state index is 11.6. The van der Waals surface area contributed by atoms with Crippen molar-refractivity contribution in [2.75, 3.05) is 26.3 Å². The Kier molecular flexibility index (Phi) is 8.06. The van der Waals surface area contributed by atoms with Gasteiger partial charge < -0.3 is 20.1 Å². The highest BCUT2D eigenvalue weighted by atomic mass is 16.5. The fraction of sp³-hybridized carbons (Fsp3) is 0.222. The molecule has 0 fully saturated rings. The average molecular weight is 386 g/mol. The molecular weight excluding hydrogens is 368 g/mol. The number of esters is 2. The van der Waals surface area contributed by atoms with Crippen LogP contribution in [0.5, 0.6) is 0 Å². The van der Waals surface area contributed by atoms with Crippen LogP contribution in [-0.4, -0.2) is 60.0 Å². The first-order chi connectivity index (χ1) is 13.6. The first kappa shape index (κ1) is 20.5. The zero-order valence-electron chi connectivity index (χ0n) is 14.8. The van der Waals surface area contributed by atoms with E-state index in [2.05, 4.69) is 20.6 Å². The lowest BCUT2D eigenvalue weighted by molar-refractivity contribution is -0.125. The monoisotopic (exact) mass is 386 g/mol. The van der Waals surface area contributed by atoms with Gasteiger partial charge in [-0.15, -0.1) is 0 Å². The molecule has 10 heteroatoms. The Hall–Kier alpha value is -3.82. The van der Waals surface area contributed by atoms with E-state index in [9.17, 15) is 19.2 Å². The van der Waals surface area contributed by atoms with Crippen LogP contribution < -0.4 is 10.6 Å². The maximum absolute atomic E-state index is 11.6. The molecule has 0 aromatic carbocycles. The predicted molar refractivity (Wildman–Crippen MR) is 95.1 cm³/mol. The molecule has 0 spiro atoms. The molecule has 2 rings (SSSR count). The smallest absolute Gasteiger partial charge is 0.357 e. The van der Waals surface area contributed by atoms with E-state index in [0.717, 1.165) is 0 Å². The van der Waals surface area contributed by atoms with E-state index < -0.39 is 37.0 Å². The van der Waals surface area contributed by atoms with Crippen molar-refractivity contribution >= 4 is 23.8 Å². The van der Waals surface area contributed by atoms with Crippen LogP contribution in [0.15, 0.2) is 48.8 Å². The largest absolute Gasteiger partial charge is 0.451 e. The Labute approximate surface area is 160 Å². The number of nitrogens with zero attached hydrogens (tertiary/aromatic N) is 2. The van der Waals surface area contributed by atoms with Gasteiger partial charge in [0.2, 0.25) is 0 Å². The van der Waals surface area contributed by atoms with Crippen molar-refractivity contribution in [1.82, 2.24) is 20.6 Å². The standard InChI is InChI=1S/C18H18N4O6/c23-15(11-27-17(25)13-5-1-3-7-19-13)21-9-10-22-16(24)12-28-18(26)14-6-2-4-8-20-14/h1-8H,9-12H2,(H,21,23)(H,22,24). The van der Waals surface area contributed by atoms with E-state index >= 15 is 0 Å². The summed E-state index contributed by atoms with van der Waals surface area (Å²) in [5.41, 5.74) is 0.200. The SMILES string of the molecule is O=C(COC(=O)c1ccccn1)NCCNC(=O)COC(=O)c1ccccn1. The third kappa shape index (κ3) is 7.20. The van der Waals surface area contributed by atoms with Crippen molar-refractivity contribution in [2.24, 2.45) is 0 Å². The van der Waals surface area contributed by atoms with Gasteiger partial charge in [0, 0.05) is 25.5 Å². The molecule has 0 aliphatic heterocycles. The van der Waals surface area contributed by atoms with Crippen LogP contribution in [0.25, 0.3) is 0 Å². The van der Waals surface area contributed by atoms with Gasteiger partial charge in [-0.1, -0.05) is 12.1 Å². The number of hydrogen-bond acceptors (Lipinski definition) is 8. The first-order valence-electron chi connectivity index (χ1n) is 8.26. The predicted octanol–water partition coefficient (Wildman–Crippen LogP) is -0.277. The summed E-state index contributed by atoms with van der Waals surface area (Å²) >= 11 is 0. The summed E-state index contributed by atoms with van der Waals surface area (Å²) in [5, 5.41) is 4.93. The average Bonchev–Trinajstić information content (AvgIpc) is 2.74. The number of hydrogen-bond donors (Lipinski definition) is 2. The molecule has 2 N–H and O–H groups in total. The van der Waals surface area contributed by atoms with Crippen LogP contribution in [0.2, 0.25) is 0 Å². The lowest BCUT2D eigenvalue weighted by atomic mass is 10.3. The van der Waals surface area contributed by atoms with Gasteiger partial charge in [-0.05, 0) is 24.3 Å². The molecule has 2 aromatic rings. The highest BCUT2D eigenvalue weighted by Gasteiger charge is 2.12. The number of rotatable bonds is 9. The number of ether oxygens (including phenoxy) is 2.